The number of piperidine rings is 1. The van der Waals surface area contributed by atoms with Gasteiger partial charge in [0.05, 0.1) is 23.8 Å². The SMILES string of the molecule is CC(C)n1cnc2c1[C@H](C(=O)N1CCC[C@H](O)C1)N(Cc1cccnc1)CC2. The Morgan fingerprint density at radius 1 is 1.36 bits per heavy atom. The van der Waals surface area contributed by atoms with Crippen LogP contribution in [0.2, 0.25) is 0 Å². The van der Waals surface area contributed by atoms with Gasteiger partial charge < -0.3 is 14.6 Å². The average Bonchev–Trinajstić information content (AvgIpc) is 3.12. The fourth-order valence-corrected chi connectivity index (χ4v) is 4.36. The van der Waals surface area contributed by atoms with Gasteiger partial charge in [-0.1, -0.05) is 6.07 Å². The number of amides is 1. The van der Waals surface area contributed by atoms with Crippen LogP contribution in [-0.2, 0) is 17.8 Å². The normalized spacial score (nSPS) is 23.1. The second-order valence-corrected chi connectivity index (χ2v) is 8.14. The number of likely N-dealkylation sites (tertiary alicyclic amines) is 1. The molecule has 0 aliphatic carbocycles. The summed E-state index contributed by atoms with van der Waals surface area (Å²) in [6, 6.07) is 3.84. The standard InChI is InChI=1S/C21H29N5O2/c1-15(2)26-14-23-18-7-10-24(12-16-5-3-8-22-11-16)20(19(18)26)21(28)25-9-4-6-17(27)13-25/h3,5,8,11,14-15,17,20,27H,4,6-7,9-10,12-13H2,1-2H3/t17-,20+/m0/s1. The van der Waals surface area contributed by atoms with Gasteiger partial charge in [-0.15, -0.1) is 0 Å². The first-order valence-electron chi connectivity index (χ1n) is 10.2. The number of β-amino-alcohol motifs (C(OH)–C–C–N with tert-alkyl or cyclic N) is 1. The van der Waals surface area contributed by atoms with Crippen molar-refractivity contribution in [2.24, 2.45) is 0 Å². The summed E-state index contributed by atoms with van der Waals surface area (Å²) in [6.45, 7) is 6.81. The number of carbonyl (C=O) groups excluding carboxylic acids is 1. The van der Waals surface area contributed by atoms with E-state index in [1.807, 2.05) is 23.5 Å². The number of aromatic nitrogens is 3. The monoisotopic (exact) mass is 383 g/mol. The van der Waals surface area contributed by atoms with Crippen LogP contribution in [0.15, 0.2) is 30.9 Å². The molecule has 1 saturated heterocycles. The maximum absolute atomic E-state index is 13.7. The van der Waals surface area contributed by atoms with Gasteiger partial charge in [0.2, 0.25) is 5.91 Å². The minimum absolute atomic E-state index is 0.0750. The van der Waals surface area contributed by atoms with Crippen molar-refractivity contribution in [2.45, 2.75) is 57.8 Å². The molecule has 1 fully saturated rings. The maximum Gasteiger partial charge on any atom is 0.246 e. The van der Waals surface area contributed by atoms with E-state index in [1.54, 1.807) is 6.20 Å². The Labute approximate surface area is 166 Å². The van der Waals surface area contributed by atoms with Crippen LogP contribution < -0.4 is 0 Å². The Hall–Kier alpha value is -2.25. The van der Waals surface area contributed by atoms with Gasteiger partial charge in [0.25, 0.3) is 0 Å². The molecule has 0 saturated carbocycles. The van der Waals surface area contributed by atoms with E-state index in [0.29, 0.717) is 19.6 Å². The zero-order valence-electron chi connectivity index (χ0n) is 16.7. The van der Waals surface area contributed by atoms with Crippen molar-refractivity contribution in [1.82, 2.24) is 24.3 Å². The van der Waals surface area contributed by atoms with Crippen LogP contribution in [-0.4, -0.2) is 61.1 Å². The number of imidazole rings is 1. The molecular formula is C21H29N5O2. The largest absolute Gasteiger partial charge is 0.391 e. The highest BCUT2D eigenvalue weighted by atomic mass is 16.3. The molecule has 0 radical (unpaired) electrons. The second kappa shape index (κ2) is 8.01. The predicted molar refractivity (Wildman–Crippen MR) is 106 cm³/mol. The maximum atomic E-state index is 13.7. The highest BCUT2D eigenvalue weighted by molar-refractivity contribution is 5.83. The highest BCUT2D eigenvalue weighted by Gasteiger charge is 2.40. The molecule has 2 aliphatic rings. The molecule has 1 N–H and O–H groups in total. The fraction of sp³-hybridized carbons (Fsp3) is 0.571. The van der Waals surface area contributed by atoms with E-state index in [2.05, 4.69) is 39.3 Å². The Kier molecular flexibility index (Phi) is 5.46. The number of nitrogens with zero attached hydrogens (tertiary/aromatic N) is 5. The molecule has 0 spiro atoms. The quantitative estimate of drug-likeness (QED) is 0.873. The minimum atomic E-state index is -0.428. The van der Waals surface area contributed by atoms with E-state index in [-0.39, 0.29) is 18.0 Å². The van der Waals surface area contributed by atoms with Crippen molar-refractivity contribution in [3.63, 3.8) is 0 Å². The first kappa shape index (κ1) is 19.1. The summed E-state index contributed by atoms with van der Waals surface area (Å²) in [6.07, 6.45) is 7.52. The van der Waals surface area contributed by atoms with Gasteiger partial charge >= 0.3 is 0 Å². The lowest BCUT2D eigenvalue weighted by Crippen LogP contribution is -2.50. The molecule has 2 aliphatic heterocycles. The third-order valence-corrected chi connectivity index (χ3v) is 5.78. The van der Waals surface area contributed by atoms with Crippen LogP contribution in [0.3, 0.4) is 0 Å². The molecule has 150 valence electrons. The molecule has 0 unspecified atom stereocenters. The second-order valence-electron chi connectivity index (χ2n) is 8.14. The van der Waals surface area contributed by atoms with Gasteiger partial charge in [-0.3, -0.25) is 14.7 Å². The van der Waals surface area contributed by atoms with E-state index in [1.165, 1.54) is 0 Å². The van der Waals surface area contributed by atoms with Gasteiger partial charge in [-0.05, 0) is 38.3 Å². The lowest BCUT2D eigenvalue weighted by Gasteiger charge is -2.40. The molecule has 2 atom stereocenters. The van der Waals surface area contributed by atoms with Crippen LogP contribution in [0.25, 0.3) is 0 Å². The topological polar surface area (TPSA) is 74.5 Å². The van der Waals surface area contributed by atoms with Gasteiger partial charge in [-0.2, -0.15) is 0 Å². The van der Waals surface area contributed by atoms with Gasteiger partial charge in [0.1, 0.15) is 6.04 Å². The first-order valence-corrected chi connectivity index (χ1v) is 10.2. The minimum Gasteiger partial charge on any atom is -0.391 e. The van der Waals surface area contributed by atoms with Crippen molar-refractivity contribution >= 4 is 5.91 Å². The number of rotatable bonds is 4. The van der Waals surface area contributed by atoms with Gasteiger partial charge in [0, 0.05) is 51.0 Å². The zero-order valence-corrected chi connectivity index (χ0v) is 16.7. The summed E-state index contributed by atoms with van der Waals surface area (Å²) >= 11 is 0. The molecule has 7 heteroatoms. The van der Waals surface area contributed by atoms with E-state index in [0.717, 1.165) is 42.8 Å². The Morgan fingerprint density at radius 2 is 2.21 bits per heavy atom. The van der Waals surface area contributed by atoms with E-state index in [9.17, 15) is 9.90 Å². The molecule has 0 bridgehead atoms. The van der Waals surface area contributed by atoms with Crippen molar-refractivity contribution in [2.75, 3.05) is 19.6 Å². The molecular weight excluding hydrogens is 354 g/mol. The number of aliphatic hydroxyl groups excluding tert-OH is 1. The summed E-state index contributed by atoms with van der Waals surface area (Å²) in [5.74, 6) is 0.0750. The number of fused-ring (bicyclic) bond motifs is 1. The highest BCUT2D eigenvalue weighted by Crippen LogP contribution is 2.34. The molecule has 7 nitrogen and oxygen atoms in total. The third-order valence-electron chi connectivity index (χ3n) is 5.78. The lowest BCUT2D eigenvalue weighted by molar-refractivity contribution is -0.141. The number of pyridine rings is 1. The smallest absolute Gasteiger partial charge is 0.246 e. The van der Waals surface area contributed by atoms with Crippen LogP contribution in [0.1, 0.15) is 55.7 Å². The molecule has 28 heavy (non-hydrogen) atoms. The third kappa shape index (κ3) is 3.69. The van der Waals surface area contributed by atoms with Crippen molar-refractivity contribution in [3.05, 3.63) is 47.8 Å². The molecule has 4 heterocycles. The zero-order chi connectivity index (χ0) is 19.7. The van der Waals surface area contributed by atoms with Crippen LogP contribution in [0.5, 0.6) is 0 Å². The van der Waals surface area contributed by atoms with Crippen LogP contribution >= 0.6 is 0 Å². The molecule has 4 rings (SSSR count). The summed E-state index contributed by atoms with van der Waals surface area (Å²) < 4.78 is 2.13. The first-order chi connectivity index (χ1) is 13.5. The Morgan fingerprint density at radius 3 is 2.93 bits per heavy atom. The molecule has 1 amide bonds. The van der Waals surface area contributed by atoms with Gasteiger partial charge in [0.15, 0.2) is 0 Å². The van der Waals surface area contributed by atoms with Gasteiger partial charge in [-0.25, -0.2) is 4.98 Å². The molecule has 2 aromatic heterocycles. The average molecular weight is 383 g/mol. The van der Waals surface area contributed by atoms with Crippen molar-refractivity contribution < 1.29 is 9.90 Å². The van der Waals surface area contributed by atoms with Crippen molar-refractivity contribution in [1.29, 1.82) is 0 Å². The predicted octanol–water partition coefficient (Wildman–Crippen LogP) is 1.94. The van der Waals surface area contributed by atoms with E-state index < -0.39 is 6.10 Å². The number of hydrogen-bond acceptors (Lipinski definition) is 5. The van der Waals surface area contributed by atoms with E-state index in [4.69, 9.17) is 0 Å². The van der Waals surface area contributed by atoms with Crippen LogP contribution in [0, 0.1) is 0 Å². The summed E-state index contributed by atoms with van der Waals surface area (Å²) in [4.78, 5) is 26.6. The lowest BCUT2D eigenvalue weighted by atomic mass is 9.98. The number of aliphatic hydroxyl groups is 1. The molecule has 2 aromatic rings. The summed E-state index contributed by atoms with van der Waals surface area (Å²) in [5.41, 5.74) is 3.13. The summed E-state index contributed by atoms with van der Waals surface area (Å²) in [7, 11) is 0. The Balaban J connectivity index is 1.69. The molecule has 0 aromatic carbocycles. The Bertz CT molecular complexity index is 819. The van der Waals surface area contributed by atoms with Crippen molar-refractivity contribution in [3.8, 4) is 0 Å². The summed E-state index contributed by atoms with van der Waals surface area (Å²) in [5, 5.41) is 10.1. The van der Waals surface area contributed by atoms with E-state index >= 15 is 0 Å². The number of carbonyl (C=O) groups is 1. The number of hydrogen-bond donors (Lipinski definition) is 1. The van der Waals surface area contributed by atoms with Crippen LogP contribution in [0.4, 0.5) is 0 Å². The fourth-order valence-electron chi connectivity index (χ4n) is 4.36.